The number of rotatable bonds is 11. The maximum atomic E-state index is 14.1. The Kier molecular flexibility index (Phi) is 8.30. The maximum absolute atomic E-state index is 14.1. The molecule has 1 aromatic heterocycles. The highest BCUT2D eigenvalue weighted by atomic mass is 32.2. The first-order valence-electron chi connectivity index (χ1n) is 14.1. The van der Waals surface area contributed by atoms with Crippen LogP contribution in [0.5, 0.6) is 5.75 Å². The predicted octanol–water partition coefficient (Wildman–Crippen LogP) is 5.12. The Morgan fingerprint density at radius 1 is 1.10 bits per heavy atom. The first kappa shape index (κ1) is 29.6. The Morgan fingerprint density at radius 3 is 2.45 bits per heavy atom. The van der Waals surface area contributed by atoms with Crippen LogP contribution in [0.3, 0.4) is 0 Å². The number of methoxy groups -OCH3 is 1. The number of hydrogen-bond acceptors (Lipinski definition) is 7. The van der Waals surface area contributed by atoms with E-state index in [4.69, 9.17) is 13.9 Å². The number of carbonyl (C=O) groups is 2. The van der Waals surface area contributed by atoms with Crippen LogP contribution in [0.2, 0.25) is 0 Å². The van der Waals surface area contributed by atoms with E-state index in [0.29, 0.717) is 34.8 Å². The number of furan rings is 1. The Bertz CT molecular complexity index is 1650. The van der Waals surface area contributed by atoms with Gasteiger partial charge in [0.2, 0.25) is 10.0 Å². The van der Waals surface area contributed by atoms with Crippen molar-refractivity contribution in [2.24, 2.45) is 11.8 Å². The number of esters is 1. The lowest BCUT2D eigenvalue weighted by atomic mass is 9.96. The van der Waals surface area contributed by atoms with Crippen molar-refractivity contribution in [3.8, 4) is 5.75 Å². The topological polar surface area (TPSA) is 124 Å². The third-order valence-electron chi connectivity index (χ3n) is 7.77. The van der Waals surface area contributed by atoms with Crippen LogP contribution in [0.15, 0.2) is 71.2 Å². The Balaban J connectivity index is 1.50. The second kappa shape index (κ2) is 11.8. The molecule has 9 nitrogen and oxygen atoms in total. The van der Waals surface area contributed by atoms with Gasteiger partial charge in [0, 0.05) is 12.0 Å². The van der Waals surface area contributed by atoms with Gasteiger partial charge >= 0.3 is 5.97 Å². The van der Waals surface area contributed by atoms with E-state index in [9.17, 15) is 18.0 Å². The van der Waals surface area contributed by atoms with Gasteiger partial charge in [0.1, 0.15) is 17.4 Å². The molecule has 1 saturated carbocycles. The van der Waals surface area contributed by atoms with Gasteiger partial charge in [-0.2, -0.15) is 4.72 Å². The lowest BCUT2D eigenvalue weighted by Gasteiger charge is -2.34. The summed E-state index contributed by atoms with van der Waals surface area (Å²) >= 11 is 0. The zero-order chi connectivity index (χ0) is 30.1. The number of amides is 1. The molecule has 42 heavy (non-hydrogen) atoms. The SMILES string of the molecule is COC(=O)[C@@H](NS(=O)(=O)C1(NC(=O)c2oc3cccc(OCC4CC4)c3c2C)C=CC(c2ccccc2)=CC1)C(C)C. The monoisotopic (exact) mass is 592 g/mol. The van der Waals surface area contributed by atoms with Crippen LogP contribution in [0.25, 0.3) is 16.5 Å². The number of sulfonamides is 1. The molecule has 2 aliphatic carbocycles. The van der Waals surface area contributed by atoms with Gasteiger partial charge in [0.25, 0.3) is 5.91 Å². The van der Waals surface area contributed by atoms with E-state index in [1.807, 2.05) is 36.4 Å². The van der Waals surface area contributed by atoms with E-state index in [1.54, 1.807) is 45.1 Å². The lowest BCUT2D eigenvalue weighted by Crippen LogP contribution is -2.60. The first-order chi connectivity index (χ1) is 20.0. The number of carbonyl (C=O) groups excluding carboxylic acids is 2. The van der Waals surface area contributed by atoms with Crippen molar-refractivity contribution in [2.75, 3.05) is 13.7 Å². The van der Waals surface area contributed by atoms with Gasteiger partial charge in [-0.05, 0) is 60.9 Å². The van der Waals surface area contributed by atoms with Gasteiger partial charge in [0.15, 0.2) is 10.6 Å². The quantitative estimate of drug-likeness (QED) is 0.296. The molecule has 10 heteroatoms. The van der Waals surface area contributed by atoms with E-state index < -0.39 is 38.7 Å². The molecule has 2 N–H and O–H groups in total. The number of ether oxygens (including phenoxy) is 2. The van der Waals surface area contributed by atoms with Crippen molar-refractivity contribution < 1.29 is 31.9 Å². The van der Waals surface area contributed by atoms with Gasteiger partial charge in [0.05, 0.1) is 19.1 Å². The Labute approximate surface area is 246 Å². The zero-order valence-corrected chi connectivity index (χ0v) is 25.0. The fourth-order valence-corrected chi connectivity index (χ4v) is 6.72. The average Bonchev–Trinajstić information content (AvgIpc) is 3.76. The van der Waals surface area contributed by atoms with Crippen LogP contribution in [0, 0.1) is 18.8 Å². The largest absolute Gasteiger partial charge is 0.493 e. The number of fused-ring (bicyclic) bond motifs is 1. The summed E-state index contributed by atoms with van der Waals surface area (Å²) in [6.07, 6.45) is 7.06. The summed E-state index contributed by atoms with van der Waals surface area (Å²) in [6, 6.07) is 13.7. The molecule has 2 atom stereocenters. The van der Waals surface area contributed by atoms with Crippen LogP contribution < -0.4 is 14.8 Å². The molecular weight excluding hydrogens is 556 g/mol. The molecule has 5 rings (SSSR count). The summed E-state index contributed by atoms with van der Waals surface area (Å²) in [5.74, 6) is -0.685. The summed E-state index contributed by atoms with van der Waals surface area (Å²) in [4.78, 5) is 24.4. The fraction of sp³-hybridized carbons (Fsp3) is 0.375. The Hall–Kier alpha value is -3.89. The van der Waals surface area contributed by atoms with E-state index >= 15 is 0 Å². The summed E-state index contributed by atoms with van der Waals surface area (Å²) in [5.41, 5.74) is 2.73. The van der Waals surface area contributed by atoms with E-state index in [0.717, 1.165) is 24.0 Å². The highest BCUT2D eigenvalue weighted by Gasteiger charge is 2.47. The van der Waals surface area contributed by atoms with Crippen LogP contribution >= 0.6 is 0 Å². The molecular formula is C32H36N2O7S. The smallest absolute Gasteiger partial charge is 0.324 e. The van der Waals surface area contributed by atoms with Gasteiger partial charge < -0.3 is 19.2 Å². The second-order valence-electron chi connectivity index (χ2n) is 11.2. The summed E-state index contributed by atoms with van der Waals surface area (Å²) in [6.45, 7) is 5.76. The minimum Gasteiger partial charge on any atom is -0.493 e. The number of aryl methyl sites for hydroxylation is 1. The molecule has 2 aliphatic rings. The van der Waals surface area contributed by atoms with Crippen LogP contribution in [-0.2, 0) is 19.6 Å². The number of hydrogen-bond donors (Lipinski definition) is 2. The van der Waals surface area contributed by atoms with Gasteiger partial charge in [-0.15, -0.1) is 0 Å². The molecule has 0 bridgehead atoms. The van der Waals surface area contributed by atoms with Crippen molar-refractivity contribution in [1.29, 1.82) is 0 Å². The highest BCUT2D eigenvalue weighted by Crippen LogP contribution is 2.37. The predicted molar refractivity (Wildman–Crippen MR) is 160 cm³/mol. The summed E-state index contributed by atoms with van der Waals surface area (Å²) in [5, 5.41) is 3.41. The average molecular weight is 593 g/mol. The molecule has 1 amide bonds. The number of allylic oxidation sites excluding steroid dienone is 2. The third-order valence-corrected chi connectivity index (χ3v) is 9.69. The van der Waals surface area contributed by atoms with Crippen molar-refractivity contribution in [1.82, 2.24) is 10.0 Å². The third kappa shape index (κ3) is 5.87. The van der Waals surface area contributed by atoms with Crippen molar-refractivity contribution in [3.05, 3.63) is 83.6 Å². The number of nitrogens with one attached hydrogen (secondary N) is 2. The normalized spacial score (nSPS) is 19.4. The number of benzene rings is 2. The molecule has 0 aliphatic heterocycles. The first-order valence-corrected chi connectivity index (χ1v) is 15.6. The summed E-state index contributed by atoms with van der Waals surface area (Å²) < 4.78 is 47.5. The van der Waals surface area contributed by atoms with Crippen molar-refractivity contribution >= 4 is 38.4 Å². The van der Waals surface area contributed by atoms with Crippen LogP contribution in [0.1, 0.15) is 54.8 Å². The van der Waals surface area contributed by atoms with Crippen LogP contribution in [-0.4, -0.2) is 44.9 Å². The van der Waals surface area contributed by atoms with E-state index in [1.165, 1.54) is 13.2 Å². The molecule has 0 radical (unpaired) electrons. The molecule has 222 valence electrons. The lowest BCUT2D eigenvalue weighted by molar-refractivity contribution is -0.143. The zero-order valence-electron chi connectivity index (χ0n) is 24.2. The van der Waals surface area contributed by atoms with E-state index in [-0.39, 0.29) is 12.2 Å². The minimum atomic E-state index is -4.40. The molecule has 3 aromatic rings. The molecule has 0 saturated heterocycles. The Morgan fingerprint density at radius 2 is 1.83 bits per heavy atom. The van der Waals surface area contributed by atoms with Crippen LogP contribution in [0.4, 0.5) is 0 Å². The fourth-order valence-electron chi connectivity index (χ4n) is 5.03. The van der Waals surface area contributed by atoms with Gasteiger partial charge in [-0.1, -0.05) is 62.4 Å². The molecule has 0 spiro atoms. The van der Waals surface area contributed by atoms with Gasteiger partial charge in [-0.25, -0.2) is 8.42 Å². The molecule has 1 fully saturated rings. The van der Waals surface area contributed by atoms with Crippen molar-refractivity contribution in [3.63, 3.8) is 0 Å². The standard InChI is InChI=1S/C32H36N2O7S/c1-20(2)28(31(36)39-4)34-42(37,38)32(17-15-24(16-18-32)23-9-6-5-7-10-23)33-30(35)29-21(3)27-25(40-19-22-13-14-22)11-8-12-26(27)41-29/h5-12,15-17,20,22,28,34H,13-14,18-19H2,1-4H3,(H,33,35)/t28-,32?/m0/s1. The highest BCUT2D eigenvalue weighted by molar-refractivity contribution is 7.91. The van der Waals surface area contributed by atoms with E-state index in [2.05, 4.69) is 10.0 Å². The minimum absolute atomic E-state index is 0.0124. The second-order valence-corrected chi connectivity index (χ2v) is 13.2. The van der Waals surface area contributed by atoms with Gasteiger partial charge in [-0.3, -0.25) is 9.59 Å². The summed E-state index contributed by atoms with van der Waals surface area (Å²) in [7, 11) is -3.20. The van der Waals surface area contributed by atoms with Crippen molar-refractivity contribution in [2.45, 2.75) is 50.9 Å². The maximum Gasteiger partial charge on any atom is 0.324 e. The molecule has 1 unspecified atom stereocenters. The molecule has 2 aromatic carbocycles. The molecule has 1 heterocycles.